The van der Waals surface area contributed by atoms with Crippen LogP contribution in [0.25, 0.3) is 0 Å². The van der Waals surface area contributed by atoms with Crippen molar-refractivity contribution in [3.05, 3.63) is 64.7 Å². The average Bonchev–Trinajstić information content (AvgIpc) is 2.73. The number of rotatable bonds is 9. The molecule has 0 aromatic heterocycles. The van der Waals surface area contributed by atoms with Crippen molar-refractivity contribution in [3.8, 4) is 5.75 Å². The van der Waals surface area contributed by atoms with E-state index < -0.39 is 6.04 Å². The summed E-state index contributed by atoms with van der Waals surface area (Å²) in [6.07, 6.45) is 0.504. The third kappa shape index (κ3) is 7.00. The summed E-state index contributed by atoms with van der Waals surface area (Å²) >= 11 is 6.00. The molecule has 5 nitrogen and oxygen atoms in total. The zero-order valence-corrected chi connectivity index (χ0v) is 19.8. The molecular weight excluding hydrogens is 412 g/mol. The van der Waals surface area contributed by atoms with Gasteiger partial charge >= 0.3 is 0 Å². The Hall–Kier alpha value is -2.53. The first kappa shape index (κ1) is 24.7. The van der Waals surface area contributed by atoms with Crippen molar-refractivity contribution in [2.75, 3.05) is 13.2 Å². The molecule has 0 fully saturated rings. The molecule has 31 heavy (non-hydrogen) atoms. The third-order valence-corrected chi connectivity index (χ3v) is 5.30. The summed E-state index contributed by atoms with van der Waals surface area (Å²) in [5.74, 6) is 0.278. The zero-order chi connectivity index (χ0) is 23.0. The molecule has 0 saturated carbocycles. The van der Waals surface area contributed by atoms with E-state index in [2.05, 4.69) is 26.1 Å². The van der Waals surface area contributed by atoms with Gasteiger partial charge in [0.25, 0.3) is 5.91 Å². The number of hydrogen-bond acceptors (Lipinski definition) is 3. The van der Waals surface area contributed by atoms with Crippen molar-refractivity contribution in [3.63, 3.8) is 0 Å². The standard InChI is InChI=1S/C25H33ClN2O3/c1-6-21(24(30)27-7-2)28(16-18-12-14-19(26)15-13-18)23(29)17-31-22-11-9-8-10-20(22)25(3,4)5/h8-15,21H,6-7,16-17H2,1-5H3,(H,27,30)/t21-/m0/s1. The van der Waals surface area contributed by atoms with Crippen molar-refractivity contribution < 1.29 is 14.3 Å². The molecule has 168 valence electrons. The Labute approximate surface area is 190 Å². The topological polar surface area (TPSA) is 58.6 Å². The SMILES string of the molecule is CCNC(=O)[C@H](CC)N(Cc1ccc(Cl)cc1)C(=O)COc1ccccc1C(C)(C)C. The molecule has 0 aliphatic heterocycles. The van der Waals surface area contributed by atoms with E-state index in [4.69, 9.17) is 16.3 Å². The molecule has 0 unspecified atom stereocenters. The molecule has 0 aliphatic rings. The average molecular weight is 445 g/mol. The van der Waals surface area contributed by atoms with E-state index in [0.29, 0.717) is 30.3 Å². The first-order valence-electron chi connectivity index (χ1n) is 10.7. The normalized spacial score (nSPS) is 12.2. The van der Waals surface area contributed by atoms with Gasteiger partial charge in [-0.05, 0) is 48.1 Å². The first-order chi connectivity index (χ1) is 14.7. The minimum absolute atomic E-state index is 0.115. The minimum Gasteiger partial charge on any atom is -0.483 e. The van der Waals surface area contributed by atoms with Gasteiger partial charge in [-0.25, -0.2) is 0 Å². The number of benzene rings is 2. The van der Waals surface area contributed by atoms with Crippen LogP contribution in [0.3, 0.4) is 0 Å². The van der Waals surface area contributed by atoms with Crippen LogP contribution in [0.5, 0.6) is 5.75 Å². The lowest BCUT2D eigenvalue weighted by Crippen LogP contribution is -2.50. The number of para-hydroxylation sites is 1. The van der Waals surface area contributed by atoms with Gasteiger partial charge in [-0.15, -0.1) is 0 Å². The molecule has 2 aromatic rings. The first-order valence-corrected chi connectivity index (χ1v) is 11.1. The summed E-state index contributed by atoms with van der Waals surface area (Å²) in [5, 5.41) is 3.46. The Morgan fingerprint density at radius 2 is 1.71 bits per heavy atom. The van der Waals surface area contributed by atoms with Gasteiger partial charge < -0.3 is 15.0 Å². The highest BCUT2D eigenvalue weighted by Gasteiger charge is 2.29. The predicted octanol–water partition coefficient (Wildman–Crippen LogP) is 4.96. The van der Waals surface area contributed by atoms with Crippen molar-refractivity contribution >= 4 is 23.4 Å². The summed E-state index contributed by atoms with van der Waals surface area (Å²) in [7, 11) is 0. The van der Waals surface area contributed by atoms with E-state index in [1.54, 1.807) is 17.0 Å². The molecule has 0 bridgehead atoms. The number of likely N-dealkylation sites (N-methyl/N-ethyl adjacent to an activating group) is 1. The smallest absolute Gasteiger partial charge is 0.261 e. The van der Waals surface area contributed by atoms with Gasteiger partial charge in [0.05, 0.1) is 0 Å². The zero-order valence-electron chi connectivity index (χ0n) is 19.1. The van der Waals surface area contributed by atoms with Crippen LogP contribution in [0.15, 0.2) is 48.5 Å². The summed E-state index contributed by atoms with van der Waals surface area (Å²) in [6.45, 7) is 10.7. The number of carbonyl (C=O) groups excluding carboxylic acids is 2. The molecule has 0 radical (unpaired) electrons. The lowest BCUT2D eigenvalue weighted by molar-refractivity contribution is -0.142. The van der Waals surface area contributed by atoms with Crippen LogP contribution in [0.2, 0.25) is 5.02 Å². The lowest BCUT2D eigenvalue weighted by Gasteiger charge is -2.31. The fourth-order valence-electron chi connectivity index (χ4n) is 3.43. The van der Waals surface area contributed by atoms with Crippen LogP contribution in [0.4, 0.5) is 0 Å². The maximum absolute atomic E-state index is 13.3. The molecule has 1 atom stereocenters. The van der Waals surface area contributed by atoms with Crippen LogP contribution in [0.1, 0.15) is 52.2 Å². The van der Waals surface area contributed by atoms with E-state index >= 15 is 0 Å². The molecular formula is C25H33ClN2O3. The van der Waals surface area contributed by atoms with Gasteiger partial charge in [0.2, 0.25) is 5.91 Å². The van der Waals surface area contributed by atoms with Gasteiger partial charge in [-0.3, -0.25) is 9.59 Å². The molecule has 2 rings (SSSR count). The van der Waals surface area contributed by atoms with Crippen molar-refractivity contribution in [1.82, 2.24) is 10.2 Å². The van der Waals surface area contributed by atoms with Crippen LogP contribution >= 0.6 is 11.6 Å². The summed E-state index contributed by atoms with van der Waals surface area (Å²) in [6, 6.07) is 14.4. The van der Waals surface area contributed by atoms with Crippen molar-refractivity contribution in [2.24, 2.45) is 0 Å². The van der Waals surface area contributed by atoms with Gasteiger partial charge in [-0.1, -0.05) is 69.6 Å². The van der Waals surface area contributed by atoms with Gasteiger partial charge in [0.1, 0.15) is 11.8 Å². The summed E-state index contributed by atoms with van der Waals surface area (Å²) < 4.78 is 5.95. The number of hydrogen-bond donors (Lipinski definition) is 1. The molecule has 0 heterocycles. The maximum atomic E-state index is 13.3. The van der Waals surface area contributed by atoms with E-state index in [-0.39, 0.29) is 23.8 Å². The molecule has 2 aromatic carbocycles. The van der Waals surface area contributed by atoms with Crippen LogP contribution in [0, 0.1) is 0 Å². The molecule has 0 spiro atoms. The minimum atomic E-state index is -0.579. The summed E-state index contributed by atoms with van der Waals surface area (Å²) in [4.78, 5) is 27.5. The van der Waals surface area contributed by atoms with Crippen LogP contribution in [-0.4, -0.2) is 35.9 Å². The number of nitrogens with zero attached hydrogens (tertiary/aromatic N) is 1. The van der Waals surface area contributed by atoms with Crippen LogP contribution in [-0.2, 0) is 21.5 Å². The second-order valence-corrected chi connectivity index (χ2v) is 8.94. The van der Waals surface area contributed by atoms with Gasteiger partial charge in [-0.2, -0.15) is 0 Å². The molecule has 0 aliphatic carbocycles. The Morgan fingerprint density at radius 1 is 1.06 bits per heavy atom. The molecule has 0 saturated heterocycles. The number of amides is 2. The number of nitrogens with one attached hydrogen (secondary N) is 1. The largest absolute Gasteiger partial charge is 0.483 e. The molecule has 6 heteroatoms. The highest BCUT2D eigenvalue weighted by Crippen LogP contribution is 2.31. The van der Waals surface area contributed by atoms with Gasteiger partial charge in [0, 0.05) is 18.1 Å². The highest BCUT2D eigenvalue weighted by molar-refractivity contribution is 6.30. The number of carbonyl (C=O) groups is 2. The van der Waals surface area contributed by atoms with Crippen LogP contribution < -0.4 is 10.1 Å². The quantitative estimate of drug-likeness (QED) is 0.594. The van der Waals surface area contributed by atoms with Crippen molar-refractivity contribution in [1.29, 1.82) is 0 Å². The lowest BCUT2D eigenvalue weighted by atomic mass is 9.86. The van der Waals surface area contributed by atoms with E-state index in [9.17, 15) is 9.59 Å². The molecule has 1 N–H and O–H groups in total. The maximum Gasteiger partial charge on any atom is 0.261 e. The Bertz CT molecular complexity index is 875. The molecule has 2 amide bonds. The highest BCUT2D eigenvalue weighted by atomic mass is 35.5. The fourth-order valence-corrected chi connectivity index (χ4v) is 3.56. The Morgan fingerprint density at radius 3 is 2.29 bits per heavy atom. The second kappa shape index (κ2) is 11.2. The van der Waals surface area contributed by atoms with Gasteiger partial charge in [0.15, 0.2) is 6.61 Å². The predicted molar refractivity (Wildman–Crippen MR) is 125 cm³/mol. The number of ether oxygens (including phenoxy) is 1. The Balaban J connectivity index is 2.25. The van der Waals surface area contributed by atoms with E-state index in [1.165, 1.54) is 0 Å². The fraction of sp³-hybridized carbons (Fsp3) is 0.440. The monoisotopic (exact) mass is 444 g/mol. The summed E-state index contributed by atoms with van der Waals surface area (Å²) in [5.41, 5.74) is 1.81. The van der Waals surface area contributed by atoms with E-state index in [1.807, 2.05) is 50.2 Å². The number of halogens is 1. The van der Waals surface area contributed by atoms with Crippen molar-refractivity contribution in [2.45, 2.75) is 59.0 Å². The Kier molecular flexibility index (Phi) is 8.93. The van der Waals surface area contributed by atoms with E-state index in [0.717, 1.165) is 11.1 Å². The second-order valence-electron chi connectivity index (χ2n) is 8.50. The third-order valence-electron chi connectivity index (χ3n) is 5.05.